The highest BCUT2D eigenvalue weighted by Gasteiger charge is 2.22. The second-order valence-electron chi connectivity index (χ2n) is 7.43. The summed E-state index contributed by atoms with van der Waals surface area (Å²) in [5, 5.41) is 10.9. The maximum Gasteiger partial charge on any atom is 0.0756 e. The van der Waals surface area contributed by atoms with Gasteiger partial charge in [-0.15, -0.1) is 0 Å². The van der Waals surface area contributed by atoms with Gasteiger partial charge in [0.05, 0.1) is 6.10 Å². The van der Waals surface area contributed by atoms with E-state index in [9.17, 15) is 5.11 Å². The van der Waals surface area contributed by atoms with Gasteiger partial charge in [0.1, 0.15) is 0 Å². The zero-order valence-corrected chi connectivity index (χ0v) is 15.6. The van der Waals surface area contributed by atoms with Crippen molar-refractivity contribution in [1.29, 1.82) is 0 Å². The molecule has 1 N–H and O–H groups in total. The van der Waals surface area contributed by atoms with Gasteiger partial charge < -0.3 is 5.11 Å². The number of allylic oxidation sites excluding steroid dienone is 1. The lowest BCUT2D eigenvalue weighted by atomic mass is 9.80. The van der Waals surface area contributed by atoms with Crippen LogP contribution >= 0.6 is 0 Å². The summed E-state index contributed by atoms with van der Waals surface area (Å²) in [4.78, 5) is 0. The third-order valence-corrected chi connectivity index (χ3v) is 5.45. The standard InChI is InChI=1S/C23H36O/c1-2-3-4-5-12-17-22(21-15-10-7-11-16-21)23(24)19-18-20-13-8-6-9-14-20/h6,8-9,13-14,17,21,23-24H,2-5,7,10-12,15-16,18-19H2,1H3/b22-17+. The molecule has 1 fully saturated rings. The molecule has 2 rings (SSSR count). The molecule has 134 valence electrons. The van der Waals surface area contributed by atoms with E-state index in [1.165, 1.54) is 68.9 Å². The number of hydrogen-bond acceptors (Lipinski definition) is 1. The minimum Gasteiger partial charge on any atom is -0.389 e. The lowest BCUT2D eigenvalue weighted by Crippen LogP contribution is -2.21. The zero-order chi connectivity index (χ0) is 17.0. The molecule has 1 aromatic rings. The second kappa shape index (κ2) is 11.5. The summed E-state index contributed by atoms with van der Waals surface area (Å²) in [7, 11) is 0. The largest absolute Gasteiger partial charge is 0.389 e. The highest BCUT2D eigenvalue weighted by atomic mass is 16.3. The third-order valence-electron chi connectivity index (χ3n) is 5.45. The van der Waals surface area contributed by atoms with Gasteiger partial charge in [-0.25, -0.2) is 0 Å². The fourth-order valence-electron chi connectivity index (χ4n) is 3.97. The normalized spacial score (nSPS) is 17.8. The van der Waals surface area contributed by atoms with Crippen LogP contribution in [0.3, 0.4) is 0 Å². The summed E-state index contributed by atoms with van der Waals surface area (Å²) in [6.07, 6.45) is 17.0. The summed E-state index contributed by atoms with van der Waals surface area (Å²) in [6, 6.07) is 10.6. The van der Waals surface area contributed by atoms with Crippen LogP contribution in [0.2, 0.25) is 0 Å². The Kier molecular flexibility index (Phi) is 9.20. The first-order chi connectivity index (χ1) is 11.8. The van der Waals surface area contributed by atoms with Crippen LogP contribution in [0.15, 0.2) is 42.0 Å². The molecule has 0 amide bonds. The van der Waals surface area contributed by atoms with Gasteiger partial charge >= 0.3 is 0 Å². The van der Waals surface area contributed by atoms with Crippen LogP contribution in [0.25, 0.3) is 0 Å². The average Bonchev–Trinajstić information content (AvgIpc) is 2.64. The van der Waals surface area contributed by atoms with Gasteiger partial charge in [0.2, 0.25) is 0 Å². The van der Waals surface area contributed by atoms with E-state index in [0.29, 0.717) is 5.92 Å². The summed E-state index contributed by atoms with van der Waals surface area (Å²) in [5.74, 6) is 0.635. The quantitative estimate of drug-likeness (QED) is 0.386. The van der Waals surface area contributed by atoms with E-state index in [2.05, 4.69) is 43.3 Å². The van der Waals surface area contributed by atoms with Crippen molar-refractivity contribution in [3.8, 4) is 0 Å². The molecule has 0 radical (unpaired) electrons. The fourth-order valence-corrected chi connectivity index (χ4v) is 3.97. The number of rotatable bonds is 10. The van der Waals surface area contributed by atoms with Crippen LogP contribution in [-0.2, 0) is 6.42 Å². The molecule has 0 aliphatic heterocycles. The molecule has 1 atom stereocenters. The molecule has 1 aromatic carbocycles. The summed E-state index contributed by atoms with van der Waals surface area (Å²) in [5.41, 5.74) is 2.70. The molecule has 0 bridgehead atoms. The van der Waals surface area contributed by atoms with E-state index in [0.717, 1.165) is 19.3 Å². The van der Waals surface area contributed by atoms with E-state index >= 15 is 0 Å². The summed E-state index contributed by atoms with van der Waals surface area (Å²) >= 11 is 0. The van der Waals surface area contributed by atoms with E-state index < -0.39 is 0 Å². The molecule has 1 nitrogen and oxygen atoms in total. The van der Waals surface area contributed by atoms with E-state index in [1.807, 2.05) is 0 Å². The molecule has 1 aliphatic carbocycles. The van der Waals surface area contributed by atoms with Crippen molar-refractivity contribution in [2.45, 2.75) is 90.1 Å². The maximum atomic E-state index is 10.9. The number of aryl methyl sites for hydroxylation is 1. The zero-order valence-electron chi connectivity index (χ0n) is 15.6. The summed E-state index contributed by atoms with van der Waals surface area (Å²) < 4.78 is 0. The van der Waals surface area contributed by atoms with Crippen molar-refractivity contribution in [2.24, 2.45) is 5.92 Å². The molecule has 1 aliphatic rings. The Morgan fingerprint density at radius 1 is 1.08 bits per heavy atom. The molecular weight excluding hydrogens is 292 g/mol. The van der Waals surface area contributed by atoms with Crippen LogP contribution in [-0.4, -0.2) is 11.2 Å². The SMILES string of the molecule is CCCCCC/C=C(/C(O)CCc1ccccc1)C1CCCCC1. The van der Waals surface area contributed by atoms with Gasteiger partial charge in [-0.05, 0) is 55.6 Å². The molecule has 0 aromatic heterocycles. The molecule has 24 heavy (non-hydrogen) atoms. The Morgan fingerprint density at radius 3 is 2.54 bits per heavy atom. The molecule has 0 heterocycles. The highest BCUT2D eigenvalue weighted by molar-refractivity contribution is 5.17. The van der Waals surface area contributed by atoms with Crippen molar-refractivity contribution in [3.63, 3.8) is 0 Å². The molecule has 1 saturated carbocycles. The third kappa shape index (κ3) is 6.81. The number of hydrogen-bond donors (Lipinski definition) is 1. The number of unbranched alkanes of at least 4 members (excludes halogenated alkanes) is 4. The predicted octanol–water partition coefficient (Wildman–Crippen LogP) is 6.46. The van der Waals surface area contributed by atoms with Gasteiger partial charge in [0.15, 0.2) is 0 Å². The monoisotopic (exact) mass is 328 g/mol. The molecule has 0 saturated heterocycles. The minimum absolute atomic E-state index is 0.250. The van der Waals surface area contributed by atoms with Gasteiger partial charge in [-0.1, -0.05) is 81.9 Å². The lowest BCUT2D eigenvalue weighted by molar-refractivity contribution is 0.178. The maximum absolute atomic E-state index is 10.9. The van der Waals surface area contributed by atoms with Gasteiger partial charge in [-0.2, -0.15) is 0 Å². The lowest BCUT2D eigenvalue weighted by Gasteiger charge is -2.28. The Balaban J connectivity index is 1.91. The van der Waals surface area contributed by atoms with E-state index in [1.54, 1.807) is 0 Å². The van der Waals surface area contributed by atoms with Crippen molar-refractivity contribution in [2.75, 3.05) is 0 Å². The average molecular weight is 329 g/mol. The van der Waals surface area contributed by atoms with Gasteiger partial charge in [0.25, 0.3) is 0 Å². The van der Waals surface area contributed by atoms with Gasteiger partial charge in [-0.3, -0.25) is 0 Å². The van der Waals surface area contributed by atoms with Crippen LogP contribution in [0.1, 0.15) is 83.1 Å². The smallest absolute Gasteiger partial charge is 0.0756 e. The fraction of sp³-hybridized carbons (Fsp3) is 0.652. The number of aliphatic hydroxyl groups excluding tert-OH is 1. The first kappa shape index (κ1) is 19.2. The highest BCUT2D eigenvalue weighted by Crippen LogP contribution is 2.33. The summed E-state index contributed by atoms with van der Waals surface area (Å²) in [6.45, 7) is 2.26. The Bertz CT molecular complexity index is 456. The Hall–Kier alpha value is -1.08. The van der Waals surface area contributed by atoms with Gasteiger partial charge in [0, 0.05) is 0 Å². The van der Waals surface area contributed by atoms with Crippen molar-refractivity contribution in [3.05, 3.63) is 47.5 Å². The van der Waals surface area contributed by atoms with Crippen LogP contribution in [0.5, 0.6) is 0 Å². The molecular formula is C23H36O. The molecule has 1 unspecified atom stereocenters. The Labute approximate surface area is 149 Å². The predicted molar refractivity (Wildman–Crippen MR) is 104 cm³/mol. The van der Waals surface area contributed by atoms with Crippen LogP contribution < -0.4 is 0 Å². The van der Waals surface area contributed by atoms with Crippen molar-refractivity contribution < 1.29 is 5.11 Å². The number of aliphatic hydroxyl groups is 1. The second-order valence-corrected chi connectivity index (χ2v) is 7.43. The topological polar surface area (TPSA) is 20.2 Å². The van der Waals surface area contributed by atoms with Crippen LogP contribution in [0.4, 0.5) is 0 Å². The van der Waals surface area contributed by atoms with Crippen LogP contribution in [0, 0.1) is 5.92 Å². The Morgan fingerprint density at radius 2 is 1.83 bits per heavy atom. The molecule has 1 heteroatoms. The van der Waals surface area contributed by atoms with Crippen molar-refractivity contribution in [1.82, 2.24) is 0 Å². The van der Waals surface area contributed by atoms with E-state index in [4.69, 9.17) is 0 Å². The molecule has 0 spiro atoms. The first-order valence-electron chi connectivity index (χ1n) is 10.2. The first-order valence-corrected chi connectivity index (χ1v) is 10.2. The van der Waals surface area contributed by atoms with Crippen molar-refractivity contribution >= 4 is 0 Å². The van der Waals surface area contributed by atoms with E-state index in [-0.39, 0.29) is 6.10 Å². The number of benzene rings is 1. The minimum atomic E-state index is -0.250.